The molecule has 1 amide bonds. The molecule has 5 nitrogen and oxygen atoms in total. The first-order valence-corrected chi connectivity index (χ1v) is 9.44. The number of carbonyl (C=O) groups is 1. The first kappa shape index (κ1) is 18.2. The average molecular weight is 376 g/mol. The topological polar surface area (TPSA) is 59.0 Å². The maximum atomic E-state index is 13.1. The van der Waals surface area contributed by atoms with Crippen molar-refractivity contribution in [3.63, 3.8) is 0 Å². The Labute approximate surface area is 163 Å². The minimum Gasteiger partial charge on any atom is -0.337 e. The standard InChI is InChI=1S/C22H21FN4O/c23-18-8-6-16(7-9-18)13-19-4-1-5-20(26-19)17-3-2-12-27(15-17)22(28)21-14-24-10-11-25-21/h1,4-11,14,17H,2-3,12-13,15H2. The Bertz CT molecular complexity index is 946. The molecule has 28 heavy (non-hydrogen) atoms. The van der Waals surface area contributed by atoms with E-state index < -0.39 is 0 Å². The van der Waals surface area contributed by atoms with Crippen molar-refractivity contribution in [1.29, 1.82) is 0 Å². The van der Waals surface area contributed by atoms with Crippen LogP contribution in [0.5, 0.6) is 0 Å². The second-order valence-corrected chi connectivity index (χ2v) is 7.04. The van der Waals surface area contributed by atoms with Crippen molar-refractivity contribution in [3.8, 4) is 0 Å². The summed E-state index contributed by atoms with van der Waals surface area (Å²) in [5.41, 5.74) is 3.34. The van der Waals surface area contributed by atoms with Crippen LogP contribution >= 0.6 is 0 Å². The predicted molar refractivity (Wildman–Crippen MR) is 103 cm³/mol. The Morgan fingerprint density at radius 1 is 1.14 bits per heavy atom. The molecule has 3 heterocycles. The van der Waals surface area contributed by atoms with Crippen LogP contribution in [0.1, 0.15) is 46.2 Å². The van der Waals surface area contributed by atoms with E-state index in [4.69, 9.17) is 4.98 Å². The van der Waals surface area contributed by atoms with Crippen LogP contribution in [0.25, 0.3) is 0 Å². The monoisotopic (exact) mass is 376 g/mol. The number of aromatic nitrogens is 3. The fourth-order valence-electron chi connectivity index (χ4n) is 3.61. The number of piperidine rings is 1. The Morgan fingerprint density at radius 3 is 2.79 bits per heavy atom. The molecular formula is C22H21FN4O. The van der Waals surface area contributed by atoms with E-state index in [1.54, 1.807) is 18.3 Å². The lowest BCUT2D eigenvalue weighted by molar-refractivity contribution is 0.0699. The van der Waals surface area contributed by atoms with Gasteiger partial charge in [0.15, 0.2) is 0 Å². The van der Waals surface area contributed by atoms with Crippen molar-refractivity contribution < 1.29 is 9.18 Å². The van der Waals surface area contributed by atoms with Crippen molar-refractivity contribution in [2.45, 2.75) is 25.2 Å². The molecule has 0 spiro atoms. The van der Waals surface area contributed by atoms with Crippen molar-refractivity contribution >= 4 is 5.91 Å². The van der Waals surface area contributed by atoms with Crippen molar-refractivity contribution in [3.05, 3.63) is 89.5 Å². The summed E-state index contributed by atoms with van der Waals surface area (Å²) in [5, 5.41) is 0. The summed E-state index contributed by atoms with van der Waals surface area (Å²) in [4.78, 5) is 27.5. The van der Waals surface area contributed by atoms with Gasteiger partial charge in [0.2, 0.25) is 0 Å². The zero-order valence-corrected chi connectivity index (χ0v) is 15.5. The van der Waals surface area contributed by atoms with Crippen LogP contribution in [0.15, 0.2) is 61.1 Å². The maximum Gasteiger partial charge on any atom is 0.274 e. The van der Waals surface area contributed by atoms with Gasteiger partial charge in [0.25, 0.3) is 5.91 Å². The number of rotatable bonds is 4. The molecule has 0 N–H and O–H groups in total. The summed E-state index contributed by atoms with van der Waals surface area (Å²) in [6.07, 6.45) is 7.19. The van der Waals surface area contributed by atoms with Crippen LogP contribution < -0.4 is 0 Å². The molecule has 142 valence electrons. The first-order valence-electron chi connectivity index (χ1n) is 9.44. The summed E-state index contributed by atoms with van der Waals surface area (Å²) in [6, 6.07) is 12.5. The van der Waals surface area contributed by atoms with E-state index in [1.165, 1.54) is 24.5 Å². The highest BCUT2D eigenvalue weighted by molar-refractivity contribution is 5.92. The third-order valence-corrected chi connectivity index (χ3v) is 5.04. The SMILES string of the molecule is O=C(c1cnccn1)N1CCCC(c2cccc(Cc3ccc(F)cc3)n2)C1. The smallest absolute Gasteiger partial charge is 0.274 e. The van der Waals surface area contributed by atoms with Crippen LogP contribution in [-0.2, 0) is 6.42 Å². The normalized spacial score (nSPS) is 16.8. The first-order chi connectivity index (χ1) is 13.7. The Balaban J connectivity index is 1.47. The van der Waals surface area contributed by atoms with Gasteiger partial charge in [-0.25, -0.2) is 9.37 Å². The second-order valence-electron chi connectivity index (χ2n) is 7.04. The van der Waals surface area contributed by atoms with Gasteiger partial charge in [0.05, 0.1) is 6.20 Å². The highest BCUT2D eigenvalue weighted by Crippen LogP contribution is 2.27. The van der Waals surface area contributed by atoms with Gasteiger partial charge in [-0.05, 0) is 42.7 Å². The molecule has 1 aromatic carbocycles. The molecule has 1 atom stereocenters. The lowest BCUT2D eigenvalue weighted by atomic mass is 9.93. The van der Waals surface area contributed by atoms with Crippen molar-refractivity contribution in [1.82, 2.24) is 19.9 Å². The highest BCUT2D eigenvalue weighted by Gasteiger charge is 2.27. The zero-order chi connectivity index (χ0) is 19.3. The van der Waals surface area contributed by atoms with Crippen molar-refractivity contribution in [2.24, 2.45) is 0 Å². The lowest BCUT2D eigenvalue weighted by Gasteiger charge is -2.32. The average Bonchev–Trinajstić information content (AvgIpc) is 2.76. The molecule has 1 aliphatic heterocycles. The molecule has 6 heteroatoms. The lowest BCUT2D eigenvalue weighted by Crippen LogP contribution is -2.39. The molecule has 1 unspecified atom stereocenters. The Morgan fingerprint density at radius 2 is 2.00 bits per heavy atom. The Hall–Kier alpha value is -3.15. The van der Waals surface area contributed by atoms with Gasteiger partial charge in [-0.15, -0.1) is 0 Å². The highest BCUT2D eigenvalue weighted by atomic mass is 19.1. The molecule has 1 saturated heterocycles. The number of nitrogens with zero attached hydrogens (tertiary/aromatic N) is 4. The number of hydrogen-bond donors (Lipinski definition) is 0. The molecule has 0 bridgehead atoms. The molecule has 0 radical (unpaired) electrons. The van der Waals surface area contributed by atoms with Crippen LogP contribution in [0.4, 0.5) is 4.39 Å². The summed E-state index contributed by atoms with van der Waals surface area (Å²) in [5.74, 6) is -0.122. The molecule has 3 aromatic rings. The van der Waals surface area contributed by atoms with Gasteiger partial charge in [0.1, 0.15) is 11.5 Å². The van der Waals surface area contributed by atoms with Crippen molar-refractivity contribution in [2.75, 3.05) is 13.1 Å². The summed E-state index contributed by atoms with van der Waals surface area (Å²) in [6.45, 7) is 1.35. The number of pyridine rings is 1. The number of carbonyl (C=O) groups excluding carboxylic acids is 1. The fourth-order valence-corrected chi connectivity index (χ4v) is 3.61. The quantitative estimate of drug-likeness (QED) is 0.698. The minimum atomic E-state index is -0.236. The van der Waals surface area contributed by atoms with E-state index in [9.17, 15) is 9.18 Å². The maximum absolute atomic E-state index is 13.1. The predicted octanol–water partition coefficient (Wildman–Crippen LogP) is 3.62. The molecule has 2 aromatic heterocycles. The number of likely N-dealkylation sites (tertiary alicyclic amines) is 1. The third-order valence-electron chi connectivity index (χ3n) is 5.04. The molecule has 0 saturated carbocycles. The molecule has 1 fully saturated rings. The van der Waals surface area contributed by atoms with Gasteiger partial charge in [-0.2, -0.15) is 0 Å². The van der Waals surface area contributed by atoms with Gasteiger partial charge < -0.3 is 4.90 Å². The second kappa shape index (κ2) is 8.25. The largest absolute Gasteiger partial charge is 0.337 e. The van der Waals surface area contributed by atoms with Crippen LogP contribution in [0.2, 0.25) is 0 Å². The van der Waals surface area contributed by atoms with E-state index in [1.807, 2.05) is 23.1 Å². The number of amides is 1. The van der Waals surface area contributed by atoms with Crippen LogP contribution in [-0.4, -0.2) is 38.8 Å². The number of benzene rings is 1. The van der Waals surface area contributed by atoms with E-state index >= 15 is 0 Å². The molecule has 1 aliphatic rings. The van der Waals surface area contributed by atoms with Crippen LogP contribution in [0.3, 0.4) is 0 Å². The summed E-state index contributed by atoms with van der Waals surface area (Å²) < 4.78 is 13.1. The van der Waals surface area contributed by atoms with E-state index in [0.29, 0.717) is 18.7 Å². The third kappa shape index (κ3) is 4.22. The fraction of sp³-hybridized carbons (Fsp3) is 0.273. The molecule has 4 rings (SSSR count). The van der Waals surface area contributed by atoms with Gasteiger partial charge in [-0.3, -0.25) is 14.8 Å². The summed E-state index contributed by atoms with van der Waals surface area (Å²) in [7, 11) is 0. The van der Waals surface area contributed by atoms with Gasteiger partial charge in [0, 0.05) is 49.2 Å². The molecule has 0 aliphatic carbocycles. The number of halogens is 1. The van der Waals surface area contributed by atoms with E-state index in [0.717, 1.165) is 36.3 Å². The number of hydrogen-bond acceptors (Lipinski definition) is 4. The Kier molecular flexibility index (Phi) is 5.37. The van der Waals surface area contributed by atoms with Gasteiger partial charge >= 0.3 is 0 Å². The van der Waals surface area contributed by atoms with E-state index in [2.05, 4.69) is 9.97 Å². The minimum absolute atomic E-state index is 0.0831. The molecular weight excluding hydrogens is 355 g/mol. The van der Waals surface area contributed by atoms with Gasteiger partial charge in [-0.1, -0.05) is 18.2 Å². The van der Waals surface area contributed by atoms with Crippen LogP contribution in [0, 0.1) is 5.82 Å². The summed E-state index contributed by atoms with van der Waals surface area (Å²) >= 11 is 0. The zero-order valence-electron chi connectivity index (χ0n) is 15.5. The van der Waals surface area contributed by atoms with E-state index in [-0.39, 0.29) is 17.6 Å².